The molecule has 2 atom stereocenters. The first kappa shape index (κ1) is 20.0. The van der Waals surface area contributed by atoms with Gasteiger partial charge in [0.25, 0.3) is 0 Å². The normalized spacial score (nSPS) is 19.3. The number of carbonyl (C=O) groups is 1. The standard InChI is InChI=1S/C19H30N2O.ClH/c1-14(2)16-7-9-17(10-8-16)15(3)12-19(22)21-11-5-4-6-18(21)13-20;/h7-10,14-15,18H,4-6,11-13,20H2,1-3H3;1H. The largest absolute Gasteiger partial charge is 0.338 e. The predicted octanol–water partition coefficient (Wildman–Crippen LogP) is 4.07. The summed E-state index contributed by atoms with van der Waals surface area (Å²) in [6.45, 7) is 8.00. The molecule has 1 amide bonds. The molecule has 3 nitrogen and oxygen atoms in total. The molecule has 0 spiro atoms. The number of amides is 1. The van der Waals surface area contributed by atoms with E-state index in [2.05, 4.69) is 45.0 Å². The first-order valence-electron chi connectivity index (χ1n) is 8.62. The minimum Gasteiger partial charge on any atom is -0.338 e. The molecule has 130 valence electrons. The fraction of sp³-hybridized carbons (Fsp3) is 0.632. The minimum atomic E-state index is 0. The number of benzene rings is 1. The number of piperidine rings is 1. The Balaban J connectivity index is 0.00000264. The van der Waals surface area contributed by atoms with Crippen LogP contribution in [0.3, 0.4) is 0 Å². The van der Waals surface area contributed by atoms with Crippen molar-refractivity contribution in [3.05, 3.63) is 35.4 Å². The molecule has 0 radical (unpaired) electrons. The third-order valence-corrected chi connectivity index (χ3v) is 4.87. The van der Waals surface area contributed by atoms with Crippen molar-refractivity contribution in [1.29, 1.82) is 0 Å². The molecular weight excluding hydrogens is 308 g/mol. The first-order valence-corrected chi connectivity index (χ1v) is 8.62. The van der Waals surface area contributed by atoms with Gasteiger partial charge in [-0.1, -0.05) is 45.0 Å². The highest BCUT2D eigenvalue weighted by Gasteiger charge is 2.26. The molecule has 1 fully saturated rings. The predicted molar refractivity (Wildman–Crippen MR) is 99.2 cm³/mol. The second-order valence-electron chi connectivity index (χ2n) is 6.90. The summed E-state index contributed by atoms with van der Waals surface area (Å²) in [6.07, 6.45) is 3.94. The Bertz CT molecular complexity index is 487. The highest BCUT2D eigenvalue weighted by atomic mass is 35.5. The molecule has 2 N–H and O–H groups in total. The molecule has 0 saturated carbocycles. The molecule has 0 bridgehead atoms. The maximum atomic E-state index is 12.6. The molecule has 23 heavy (non-hydrogen) atoms. The van der Waals surface area contributed by atoms with Crippen LogP contribution in [0.2, 0.25) is 0 Å². The van der Waals surface area contributed by atoms with Crippen molar-refractivity contribution in [2.75, 3.05) is 13.1 Å². The van der Waals surface area contributed by atoms with Crippen LogP contribution in [-0.2, 0) is 4.79 Å². The zero-order valence-electron chi connectivity index (χ0n) is 14.6. The summed E-state index contributed by atoms with van der Waals surface area (Å²) >= 11 is 0. The summed E-state index contributed by atoms with van der Waals surface area (Å²) in [5.74, 6) is 1.06. The second kappa shape index (κ2) is 9.29. The zero-order chi connectivity index (χ0) is 16.1. The summed E-state index contributed by atoms with van der Waals surface area (Å²) in [7, 11) is 0. The fourth-order valence-electron chi connectivity index (χ4n) is 3.28. The van der Waals surface area contributed by atoms with Crippen molar-refractivity contribution in [2.45, 2.75) is 64.3 Å². The average molecular weight is 339 g/mol. The van der Waals surface area contributed by atoms with Crippen molar-refractivity contribution < 1.29 is 4.79 Å². The van der Waals surface area contributed by atoms with Crippen molar-refractivity contribution in [1.82, 2.24) is 4.90 Å². The Hall–Kier alpha value is -1.06. The van der Waals surface area contributed by atoms with Gasteiger partial charge in [0, 0.05) is 25.6 Å². The SMILES string of the molecule is CC(C)c1ccc(C(C)CC(=O)N2CCCCC2CN)cc1.Cl. The van der Waals surface area contributed by atoms with E-state index in [1.54, 1.807) is 0 Å². The lowest BCUT2D eigenvalue weighted by atomic mass is 9.93. The van der Waals surface area contributed by atoms with E-state index in [1.165, 1.54) is 17.5 Å². The van der Waals surface area contributed by atoms with Gasteiger partial charge in [0.15, 0.2) is 0 Å². The van der Waals surface area contributed by atoms with Gasteiger partial charge in [-0.25, -0.2) is 0 Å². The quantitative estimate of drug-likeness (QED) is 0.879. The Morgan fingerprint density at radius 1 is 1.17 bits per heavy atom. The van der Waals surface area contributed by atoms with E-state index in [4.69, 9.17) is 5.73 Å². The fourth-order valence-corrected chi connectivity index (χ4v) is 3.28. The van der Waals surface area contributed by atoms with E-state index < -0.39 is 0 Å². The molecule has 1 aliphatic rings. The lowest BCUT2D eigenvalue weighted by molar-refractivity contribution is -0.135. The van der Waals surface area contributed by atoms with Crippen LogP contribution in [-0.4, -0.2) is 29.9 Å². The number of nitrogens with zero attached hydrogens (tertiary/aromatic N) is 1. The van der Waals surface area contributed by atoms with Gasteiger partial charge in [0.05, 0.1) is 0 Å². The van der Waals surface area contributed by atoms with Crippen LogP contribution in [0.5, 0.6) is 0 Å². The average Bonchev–Trinajstić information content (AvgIpc) is 2.54. The van der Waals surface area contributed by atoms with Crippen LogP contribution in [0.25, 0.3) is 0 Å². The molecular formula is C19H31ClN2O. The summed E-state index contributed by atoms with van der Waals surface area (Å²) in [6, 6.07) is 8.96. The monoisotopic (exact) mass is 338 g/mol. The number of carbonyl (C=O) groups excluding carboxylic acids is 1. The molecule has 1 aliphatic heterocycles. The number of likely N-dealkylation sites (tertiary alicyclic amines) is 1. The lowest BCUT2D eigenvalue weighted by Crippen LogP contribution is -2.47. The van der Waals surface area contributed by atoms with Crippen molar-refractivity contribution in [3.63, 3.8) is 0 Å². The Kier molecular flexibility index (Phi) is 8.07. The van der Waals surface area contributed by atoms with Gasteiger partial charge < -0.3 is 10.6 Å². The topological polar surface area (TPSA) is 46.3 Å². The maximum Gasteiger partial charge on any atom is 0.223 e. The van der Waals surface area contributed by atoms with Gasteiger partial charge in [0.2, 0.25) is 5.91 Å². The van der Waals surface area contributed by atoms with Gasteiger partial charge in [0.1, 0.15) is 0 Å². The molecule has 1 aromatic rings. The maximum absolute atomic E-state index is 12.6. The van der Waals surface area contributed by atoms with E-state index >= 15 is 0 Å². The zero-order valence-corrected chi connectivity index (χ0v) is 15.4. The first-order chi connectivity index (χ1) is 10.5. The number of halogens is 1. The molecule has 1 saturated heterocycles. The molecule has 2 rings (SSSR count). The number of hydrogen-bond donors (Lipinski definition) is 1. The Morgan fingerprint density at radius 2 is 1.78 bits per heavy atom. The Morgan fingerprint density at radius 3 is 2.35 bits per heavy atom. The molecule has 1 aromatic carbocycles. The van der Waals surface area contributed by atoms with Crippen LogP contribution >= 0.6 is 12.4 Å². The number of rotatable bonds is 5. The van der Waals surface area contributed by atoms with Crippen molar-refractivity contribution in [2.24, 2.45) is 5.73 Å². The third-order valence-electron chi connectivity index (χ3n) is 4.87. The van der Waals surface area contributed by atoms with Crippen LogP contribution < -0.4 is 5.73 Å². The second-order valence-corrected chi connectivity index (χ2v) is 6.90. The van der Waals surface area contributed by atoms with Gasteiger partial charge >= 0.3 is 0 Å². The smallest absolute Gasteiger partial charge is 0.223 e. The summed E-state index contributed by atoms with van der Waals surface area (Å²) < 4.78 is 0. The van der Waals surface area contributed by atoms with E-state index in [-0.39, 0.29) is 30.3 Å². The summed E-state index contributed by atoms with van der Waals surface area (Å²) in [5, 5.41) is 0. The van der Waals surface area contributed by atoms with E-state index in [9.17, 15) is 4.79 Å². The highest BCUT2D eigenvalue weighted by molar-refractivity contribution is 5.85. The lowest BCUT2D eigenvalue weighted by Gasteiger charge is -2.35. The highest BCUT2D eigenvalue weighted by Crippen LogP contribution is 2.25. The van der Waals surface area contributed by atoms with Crippen LogP contribution in [0.15, 0.2) is 24.3 Å². The van der Waals surface area contributed by atoms with E-state index in [0.717, 1.165) is 19.4 Å². The minimum absolute atomic E-state index is 0. The molecule has 1 heterocycles. The molecule has 2 unspecified atom stereocenters. The van der Waals surface area contributed by atoms with Crippen LogP contribution in [0.1, 0.15) is 69.4 Å². The third kappa shape index (κ3) is 5.22. The van der Waals surface area contributed by atoms with Gasteiger partial charge in [-0.2, -0.15) is 0 Å². The summed E-state index contributed by atoms with van der Waals surface area (Å²) in [5.41, 5.74) is 8.42. The number of nitrogens with two attached hydrogens (primary N) is 1. The molecule has 4 heteroatoms. The van der Waals surface area contributed by atoms with E-state index in [0.29, 0.717) is 18.9 Å². The summed E-state index contributed by atoms with van der Waals surface area (Å²) in [4.78, 5) is 14.6. The number of hydrogen-bond acceptors (Lipinski definition) is 2. The van der Waals surface area contributed by atoms with Crippen LogP contribution in [0, 0.1) is 0 Å². The van der Waals surface area contributed by atoms with Gasteiger partial charge in [-0.15, -0.1) is 12.4 Å². The molecule has 0 aliphatic carbocycles. The van der Waals surface area contributed by atoms with Crippen LogP contribution in [0.4, 0.5) is 0 Å². The van der Waals surface area contributed by atoms with Crippen molar-refractivity contribution in [3.8, 4) is 0 Å². The van der Waals surface area contributed by atoms with Gasteiger partial charge in [-0.05, 0) is 42.2 Å². The van der Waals surface area contributed by atoms with Crippen molar-refractivity contribution >= 4 is 18.3 Å². The van der Waals surface area contributed by atoms with Gasteiger partial charge in [-0.3, -0.25) is 4.79 Å². The van der Waals surface area contributed by atoms with E-state index in [1.807, 2.05) is 4.90 Å². The Labute approximate surface area is 147 Å². The molecule has 0 aromatic heterocycles.